The summed E-state index contributed by atoms with van der Waals surface area (Å²) in [5.41, 5.74) is 2.02. The standard InChI is InChI=1S/C17H21IN2O3/c1-4-5-10-23-16(21)14-11(2)20(3)17(22)19-15(14)12-8-6-7-9-13(12)18/h6-9,15H,4-5,10H2,1-3H3,(H,19,22)/t15-/m1/s1. The topological polar surface area (TPSA) is 58.6 Å². The zero-order valence-electron chi connectivity index (χ0n) is 13.6. The number of carbonyl (C=O) groups is 2. The molecule has 0 spiro atoms. The molecule has 2 rings (SSSR count). The first-order valence-electron chi connectivity index (χ1n) is 7.63. The van der Waals surface area contributed by atoms with Gasteiger partial charge in [0.25, 0.3) is 0 Å². The van der Waals surface area contributed by atoms with Gasteiger partial charge in [-0.2, -0.15) is 0 Å². The highest BCUT2D eigenvalue weighted by molar-refractivity contribution is 14.1. The molecule has 0 aliphatic carbocycles. The Morgan fingerprint density at radius 3 is 2.74 bits per heavy atom. The van der Waals surface area contributed by atoms with Crippen molar-refractivity contribution in [1.82, 2.24) is 10.2 Å². The van der Waals surface area contributed by atoms with E-state index in [0.29, 0.717) is 17.9 Å². The summed E-state index contributed by atoms with van der Waals surface area (Å²) in [5, 5.41) is 2.90. The predicted molar refractivity (Wildman–Crippen MR) is 96.8 cm³/mol. The number of benzene rings is 1. The van der Waals surface area contributed by atoms with Crippen molar-refractivity contribution in [2.75, 3.05) is 13.7 Å². The molecule has 1 atom stereocenters. The first-order chi connectivity index (χ1) is 11.0. The molecule has 0 saturated heterocycles. The number of amides is 2. The van der Waals surface area contributed by atoms with Crippen LogP contribution in [0.1, 0.15) is 38.3 Å². The SMILES string of the molecule is CCCCOC(=O)C1=C(C)N(C)C(=O)N[C@@H]1c1ccccc1I. The predicted octanol–water partition coefficient (Wildman–Crippen LogP) is 3.60. The smallest absolute Gasteiger partial charge is 0.338 e. The molecule has 23 heavy (non-hydrogen) atoms. The number of allylic oxidation sites excluding steroid dienone is 1. The van der Waals surface area contributed by atoms with E-state index in [9.17, 15) is 9.59 Å². The number of ether oxygens (including phenoxy) is 1. The van der Waals surface area contributed by atoms with Gasteiger partial charge in [-0.25, -0.2) is 9.59 Å². The number of hydrogen-bond donors (Lipinski definition) is 1. The Morgan fingerprint density at radius 2 is 2.09 bits per heavy atom. The minimum absolute atomic E-state index is 0.225. The Kier molecular flexibility index (Phi) is 6.04. The minimum atomic E-state index is -0.485. The quantitative estimate of drug-likeness (QED) is 0.443. The molecule has 0 fully saturated rings. The van der Waals surface area contributed by atoms with E-state index in [1.165, 1.54) is 4.90 Å². The van der Waals surface area contributed by atoms with Gasteiger partial charge in [0.05, 0.1) is 18.2 Å². The van der Waals surface area contributed by atoms with E-state index < -0.39 is 6.04 Å². The van der Waals surface area contributed by atoms with Crippen LogP contribution in [0.25, 0.3) is 0 Å². The maximum absolute atomic E-state index is 12.6. The van der Waals surface area contributed by atoms with Gasteiger partial charge in [-0.05, 0) is 47.6 Å². The molecule has 1 N–H and O–H groups in total. The number of nitrogens with zero attached hydrogens (tertiary/aromatic N) is 1. The van der Waals surface area contributed by atoms with Gasteiger partial charge in [0.1, 0.15) is 0 Å². The number of halogens is 1. The summed E-state index contributed by atoms with van der Waals surface area (Å²) in [6, 6.07) is 6.99. The van der Waals surface area contributed by atoms with E-state index >= 15 is 0 Å². The van der Waals surface area contributed by atoms with Gasteiger partial charge in [0, 0.05) is 16.3 Å². The van der Waals surface area contributed by atoms with Crippen LogP contribution in [0.2, 0.25) is 0 Å². The fourth-order valence-corrected chi connectivity index (χ4v) is 3.13. The molecule has 1 aromatic rings. The highest BCUT2D eigenvalue weighted by Crippen LogP contribution is 2.32. The second-order valence-corrected chi connectivity index (χ2v) is 6.61. The van der Waals surface area contributed by atoms with Gasteiger partial charge < -0.3 is 15.0 Å². The van der Waals surface area contributed by atoms with Crippen LogP contribution in [-0.2, 0) is 9.53 Å². The van der Waals surface area contributed by atoms with E-state index in [2.05, 4.69) is 27.9 Å². The van der Waals surface area contributed by atoms with Crippen LogP contribution in [0, 0.1) is 3.57 Å². The monoisotopic (exact) mass is 428 g/mol. The molecule has 0 bridgehead atoms. The van der Waals surface area contributed by atoms with Crippen LogP contribution >= 0.6 is 22.6 Å². The van der Waals surface area contributed by atoms with E-state index in [-0.39, 0.29) is 12.0 Å². The number of hydrogen-bond acceptors (Lipinski definition) is 3. The molecule has 0 radical (unpaired) electrons. The third kappa shape index (κ3) is 3.85. The lowest BCUT2D eigenvalue weighted by Crippen LogP contribution is -2.46. The molecule has 5 nitrogen and oxygen atoms in total. The van der Waals surface area contributed by atoms with Gasteiger partial charge in [-0.15, -0.1) is 0 Å². The van der Waals surface area contributed by atoms with Crippen molar-refractivity contribution >= 4 is 34.6 Å². The second kappa shape index (κ2) is 7.81. The van der Waals surface area contributed by atoms with Gasteiger partial charge in [-0.3, -0.25) is 0 Å². The Balaban J connectivity index is 2.40. The molecule has 0 unspecified atom stereocenters. The van der Waals surface area contributed by atoms with Crippen LogP contribution in [0.4, 0.5) is 4.79 Å². The molecular formula is C17H21IN2O3. The van der Waals surface area contributed by atoms with Crippen molar-refractivity contribution in [3.63, 3.8) is 0 Å². The Bertz CT molecular complexity index is 642. The zero-order chi connectivity index (χ0) is 17.0. The molecule has 2 amide bonds. The number of nitrogens with one attached hydrogen (secondary N) is 1. The van der Waals surface area contributed by atoms with E-state index in [1.54, 1.807) is 14.0 Å². The van der Waals surface area contributed by atoms with Crippen molar-refractivity contribution in [1.29, 1.82) is 0 Å². The molecule has 1 aliphatic rings. The highest BCUT2D eigenvalue weighted by atomic mass is 127. The van der Waals surface area contributed by atoms with Crippen molar-refractivity contribution in [2.45, 2.75) is 32.7 Å². The van der Waals surface area contributed by atoms with Crippen molar-refractivity contribution in [2.24, 2.45) is 0 Å². The first kappa shape index (κ1) is 17.8. The van der Waals surface area contributed by atoms with Crippen molar-refractivity contribution in [3.05, 3.63) is 44.7 Å². The van der Waals surface area contributed by atoms with Crippen LogP contribution in [0.3, 0.4) is 0 Å². The average molecular weight is 428 g/mol. The fourth-order valence-electron chi connectivity index (χ4n) is 2.43. The largest absolute Gasteiger partial charge is 0.462 e. The summed E-state index contributed by atoms with van der Waals surface area (Å²) in [6.45, 7) is 4.21. The highest BCUT2D eigenvalue weighted by Gasteiger charge is 2.35. The Morgan fingerprint density at radius 1 is 1.39 bits per heavy atom. The van der Waals surface area contributed by atoms with Crippen LogP contribution < -0.4 is 5.32 Å². The third-order valence-corrected chi connectivity index (χ3v) is 4.90. The molecule has 1 aromatic carbocycles. The second-order valence-electron chi connectivity index (χ2n) is 5.45. The summed E-state index contributed by atoms with van der Waals surface area (Å²) in [4.78, 5) is 26.2. The molecule has 1 heterocycles. The number of esters is 1. The van der Waals surface area contributed by atoms with E-state index in [0.717, 1.165) is 22.0 Å². The minimum Gasteiger partial charge on any atom is -0.462 e. The van der Waals surface area contributed by atoms with Gasteiger partial charge >= 0.3 is 12.0 Å². The van der Waals surface area contributed by atoms with Gasteiger partial charge in [0.2, 0.25) is 0 Å². The number of carbonyl (C=O) groups excluding carboxylic acids is 2. The molecule has 0 aromatic heterocycles. The van der Waals surface area contributed by atoms with Gasteiger partial charge in [-0.1, -0.05) is 31.5 Å². The summed E-state index contributed by atoms with van der Waals surface area (Å²) >= 11 is 2.21. The lowest BCUT2D eigenvalue weighted by molar-refractivity contribution is -0.139. The number of unbranched alkanes of at least 4 members (excludes halogenated alkanes) is 1. The van der Waals surface area contributed by atoms with Crippen molar-refractivity contribution < 1.29 is 14.3 Å². The maximum Gasteiger partial charge on any atom is 0.338 e. The van der Waals surface area contributed by atoms with Crippen LogP contribution in [0.5, 0.6) is 0 Å². The summed E-state index contributed by atoms with van der Waals surface area (Å²) < 4.78 is 6.38. The number of rotatable bonds is 5. The normalized spacial score (nSPS) is 18.0. The summed E-state index contributed by atoms with van der Waals surface area (Å²) in [7, 11) is 1.65. The van der Waals surface area contributed by atoms with E-state index in [1.807, 2.05) is 31.2 Å². The van der Waals surface area contributed by atoms with Crippen molar-refractivity contribution in [3.8, 4) is 0 Å². The maximum atomic E-state index is 12.6. The molecule has 124 valence electrons. The first-order valence-corrected chi connectivity index (χ1v) is 8.71. The van der Waals surface area contributed by atoms with Crippen LogP contribution in [0.15, 0.2) is 35.5 Å². The molecule has 6 heteroatoms. The summed E-state index contributed by atoms with van der Waals surface area (Å²) in [6.07, 6.45) is 1.79. The van der Waals surface area contributed by atoms with E-state index in [4.69, 9.17) is 4.74 Å². The lowest BCUT2D eigenvalue weighted by Gasteiger charge is -2.33. The van der Waals surface area contributed by atoms with Crippen LogP contribution in [-0.4, -0.2) is 30.6 Å². The average Bonchev–Trinajstić information content (AvgIpc) is 2.53. The Labute approximate surface area is 150 Å². The van der Waals surface area contributed by atoms with Gasteiger partial charge in [0.15, 0.2) is 0 Å². The molecule has 0 saturated carbocycles. The third-order valence-electron chi connectivity index (χ3n) is 3.92. The fraction of sp³-hybridized carbons (Fsp3) is 0.412. The summed E-state index contributed by atoms with van der Waals surface area (Å²) in [5.74, 6) is -0.368. The Hall–Kier alpha value is -1.57. The number of urea groups is 1. The molecular weight excluding hydrogens is 407 g/mol. The lowest BCUT2D eigenvalue weighted by atomic mass is 9.95. The molecule has 1 aliphatic heterocycles. The zero-order valence-corrected chi connectivity index (χ0v) is 15.7.